The van der Waals surface area contributed by atoms with Crippen LogP contribution in [0.15, 0.2) is 30.3 Å². The van der Waals surface area contributed by atoms with Crippen molar-refractivity contribution in [3.8, 4) is 0 Å². The van der Waals surface area contributed by atoms with Crippen LogP contribution in [0.5, 0.6) is 0 Å². The molecule has 1 aliphatic rings. The molecule has 0 radical (unpaired) electrons. The number of nitrogens with one attached hydrogen (secondary N) is 1. The van der Waals surface area contributed by atoms with Gasteiger partial charge in [-0.05, 0) is 17.7 Å². The Labute approximate surface area is 144 Å². The number of amides is 1. The van der Waals surface area contributed by atoms with Crippen LogP contribution in [0.2, 0.25) is 5.02 Å². The van der Waals surface area contributed by atoms with E-state index in [2.05, 4.69) is 5.32 Å². The van der Waals surface area contributed by atoms with Gasteiger partial charge in [-0.3, -0.25) is 4.79 Å². The molecule has 0 aromatic heterocycles. The van der Waals surface area contributed by atoms with Gasteiger partial charge >= 0.3 is 0 Å². The van der Waals surface area contributed by atoms with Crippen LogP contribution in [0, 0.1) is 0 Å². The molecule has 7 nitrogen and oxygen atoms in total. The lowest BCUT2D eigenvalue weighted by Crippen LogP contribution is -2.60. The fraction of sp³-hybridized carbons (Fsp3) is 0.438. The van der Waals surface area contributed by atoms with Crippen LogP contribution >= 0.6 is 11.6 Å². The number of carbonyl (C=O) groups excluding carboxylic acids is 1. The summed E-state index contributed by atoms with van der Waals surface area (Å²) in [5, 5.41) is 32.4. The maximum Gasteiger partial charge on any atom is 0.244 e. The first kappa shape index (κ1) is 18.9. The maximum absolute atomic E-state index is 11.9. The Morgan fingerprint density at radius 2 is 2.00 bits per heavy atom. The Morgan fingerprint density at radius 1 is 1.29 bits per heavy atom. The molecule has 0 spiro atoms. The third-order valence-corrected chi connectivity index (χ3v) is 4.04. The van der Waals surface area contributed by atoms with Gasteiger partial charge in [-0.2, -0.15) is 0 Å². The van der Waals surface area contributed by atoms with Gasteiger partial charge in [0.2, 0.25) is 5.91 Å². The molecule has 0 saturated carbocycles. The lowest BCUT2D eigenvalue weighted by atomic mass is 9.99. The summed E-state index contributed by atoms with van der Waals surface area (Å²) in [5.74, 6) is -0.416. The van der Waals surface area contributed by atoms with Gasteiger partial charge in [-0.25, -0.2) is 0 Å². The molecule has 1 aliphatic heterocycles. The number of hydrogen-bond acceptors (Lipinski definition) is 6. The van der Waals surface area contributed by atoms with Crippen LogP contribution in [0.1, 0.15) is 5.56 Å². The van der Waals surface area contributed by atoms with Crippen LogP contribution < -0.4 is 5.32 Å². The molecule has 0 bridgehead atoms. The molecule has 1 fully saturated rings. The molecule has 4 N–H and O–H groups in total. The van der Waals surface area contributed by atoms with E-state index in [0.29, 0.717) is 10.6 Å². The standard InChI is InChI=1S/C16H20ClNO6/c1-23-16-15(22)14(21)13(20)11(24-16)8-18-12(19)7-6-9-4-2-3-5-10(9)17/h2-7,11,13-16,20-22H,8H2,1H3,(H,18,19)/b7-6+/t11-,13+,14+,15-,16+/m1/s1. The molecule has 0 aliphatic carbocycles. The molecular formula is C16H20ClNO6. The lowest BCUT2D eigenvalue weighted by molar-refractivity contribution is -0.288. The molecule has 0 unspecified atom stereocenters. The molecule has 1 aromatic rings. The molecule has 1 amide bonds. The highest BCUT2D eigenvalue weighted by Crippen LogP contribution is 2.21. The van der Waals surface area contributed by atoms with Gasteiger partial charge < -0.3 is 30.1 Å². The van der Waals surface area contributed by atoms with Crippen molar-refractivity contribution in [2.75, 3.05) is 13.7 Å². The smallest absolute Gasteiger partial charge is 0.244 e. The SMILES string of the molecule is CO[C@H]1O[C@H](CNC(=O)/C=C/c2ccccc2Cl)[C@H](O)[C@H](O)[C@H]1O. The van der Waals surface area contributed by atoms with Crippen molar-refractivity contribution in [3.05, 3.63) is 40.9 Å². The molecule has 2 rings (SSSR count). The van der Waals surface area contributed by atoms with E-state index in [1.54, 1.807) is 30.3 Å². The predicted octanol–water partition coefficient (Wildman–Crippen LogP) is -0.0766. The van der Waals surface area contributed by atoms with Crippen LogP contribution in [0.3, 0.4) is 0 Å². The summed E-state index contributed by atoms with van der Waals surface area (Å²) in [7, 11) is 1.31. The maximum atomic E-state index is 11.9. The fourth-order valence-corrected chi connectivity index (χ4v) is 2.51. The van der Waals surface area contributed by atoms with Crippen LogP contribution in [0.4, 0.5) is 0 Å². The zero-order valence-corrected chi connectivity index (χ0v) is 13.8. The van der Waals surface area contributed by atoms with Gasteiger partial charge in [-0.15, -0.1) is 0 Å². The summed E-state index contributed by atoms with van der Waals surface area (Å²) in [5.41, 5.74) is 0.696. The monoisotopic (exact) mass is 357 g/mol. The van der Waals surface area contributed by atoms with Gasteiger partial charge in [0, 0.05) is 24.8 Å². The van der Waals surface area contributed by atoms with Crippen LogP contribution in [0.25, 0.3) is 6.08 Å². The number of hydrogen-bond donors (Lipinski definition) is 4. The van der Waals surface area contributed by atoms with Crippen molar-refractivity contribution in [1.82, 2.24) is 5.32 Å². The minimum atomic E-state index is -1.43. The van der Waals surface area contributed by atoms with Crippen molar-refractivity contribution in [2.24, 2.45) is 0 Å². The minimum absolute atomic E-state index is 0.0590. The number of rotatable bonds is 5. The van der Waals surface area contributed by atoms with Crippen LogP contribution in [-0.2, 0) is 14.3 Å². The number of methoxy groups -OCH3 is 1. The molecule has 24 heavy (non-hydrogen) atoms. The number of benzene rings is 1. The van der Waals surface area contributed by atoms with E-state index >= 15 is 0 Å². The zero-order valence-electron chi connectivity index (χ0n) is 13.0. The summed E-state index contributed by atoms with van der Waals surface area (Å²) < 4.78 is 10.2. The number of aliphatic hydroxyl groups is 3. The fourth-order valence-electron chi connectivity index (χ4n) is 2.32. The number of aliphatic hydroxyl groups excluding tert-OH is 3. The second-order valence-corrected chi connectivity index (χ2v) is 5.76. The van der Waals surface area contributed by atoms with Crippen molar-refractivity contribution in [2.45, 2.75) is 30.7 Å². The van der Waals surface area contributed by atoms with E-state index in [1.165, 1.54) is 13.2 Å². The van der Waals surface area contributed by atoms with E-state index in [9.17, 15) is 20.1 Å². The zero-order chi connectivity index (χ0) is 17.7. The van der Waals surface area contributed by atoms with Crippen LogP contribution in [-0.4, -0.2) is 65.6 Å². The van der Waals surface area contributed by atoms with E-state index in [-0.39, 0.29) is 6.54 Å². The average Bonchev–Trinajstić information content (AvgIpc) is 2.58. The first-order valence-corrected chi connectivity index (χ1v) is 7.74. The summed E-state index contributed by atoms with van der Waals surface area (Å²) in [6, 6.07) is 7.06. The highest BCUT2D eigenvalue weighted by molar-refractivity contribution is 6.32. The molecule has 132 valence electrons. The van der Waals surface area contributed by atoms with Crippen molar-refractivity contribution in [3.63, 3.8) is 0 Å². The van der Waals surface area contributed by atoms with E-state index in [1.807, 2.05) is 0 Å². The highest BCUT2D eigenvalue weighted by Gasteiger charge is 2.43. The molecule has 8 heteroatoms. The van der Waals surface area contributed by atoms with E-state index in [4.69, 9.17) is 21.1 Å². The molecule has 5 atom stereocenters. The predicted molar refractivity (Wildman–Crippen MR) is 87.2 cm³/mol. The number of ether oxygens (including phenoxy) is 2. The number of halogens is 1. The van der Waals surface area contributed by atoms with Crippen molar-refractivity contribution < 1.29 is 29.6 Å². The summed E-state index contributed by atoms with van der Waals surface area (Å²) in [6.07, 6.45) is -3.27. The Kier molecular flexibility index (Phi) is 6.73. The summed E-state index contributed by atoms with van der Waals surface area (Å²) >= 11 is 5.99. The Morgan fingerprint density at radius 3 is 2.67 bits per heavy atom. The second-order valence-electron chi connectivity index (χ2n) is 5.35. The van der Waals surface area contributed by atoms with Gasteiger partial charge in [-0.1, -0.05) is 29.8 Å². The third-order valence-electron chi connectivity index (χ3n) is 3.70. The van der Waals surface area contributed by atoms with Crippen molar-refractivity contribution in [1.29, 1.82) is 0 Å². The molecular weight excluding hydrogens is 338 g/mol. The third kappa shape index (κ3) is 4.54. The summed E-state index contributed by atoms with van der Waals surface area (Å²) in [6.45, 7) is -0.0590. The normalized spacial score (nSPS) is 30.5. The average molecular weight is 358 g/mol. The highest BCUT2D eigenvalue weighted by atomic mass is 35.5. The van der Waals surface area contributed by atoms with E-state index in [0.717, 1.165) is 0 Å². The van der Waals surface area contributed by atoms with E-state index < -0.39 is 36.6 Å². The van der Waals surface area contributed by atoms with Gasteiger partial charge in [0.15, 0.2) is 6.29 Å². The lowest BCUT2D eigenvalue weighted by Gasteiger charge is -2.39. The number of carbonyl (C=O) groups is 1. The quantitative estimate of drug-likeness (QED) is 0.549. The first-order valence-electron chi connectivity index (χ1n) is 7.37. The van der Waals surface area contributed by atoms with Crippen molar-refractivity contribution >= 4 is 23.6 Å². The second kappa shape index (κ2) is 8.57. The van der Waals surface area contributed by atoms with Gasteiger partial charge in [0.1, 0.15) is 24.4 Å². The molecule has 1 heterocycles. The molecule has 1 saturated heterocycles. The largest absolute Gasteiger partial charge is 0.388 e. The minimum Gasteiger partial charge on any atom is -0.388 e. The Balaban J connectivity index is 1.90. The topological polar surface area (TPSA) is 108 Å². The first-order chi connectivity index (χ1) is 11.4. The van der Waals surface area contributed by atoms with Gasteiger partial charge in [0.25, 0.3) is 0 Å². The Hall–Kier alpha value is -1.48. The molecule has 1 aromatic carbocycles. The Bertz CT molecular complexity index is 594. The van der Waals surface area contributed by atoms with Gasteiger partial charge in [0.05, 0.1) is 0 Å². The summed E-state index contributed by atoms with van der Waals surface area (Å²) in [4.78, 5) is 11.9.